The number of benzene rings is 2. The standard InChI is InChI=1S/C16H14BrN3O/c1-11-4-2-7-15(14(11)9-18)19-10-16(21)20-13-6-3-5-12(17)8-13/h2-8,19H,10H2,1H3,(H,20,21). The van der Waals surface area contributed by atoms with Gasteiger partial charge >= 0.3 is 0 Å². The van der Waals surface area contributed by atoms with Crippen LogP contribution in [0.25, 0.3) is 0 Å². The molecular formula is C16H14BrN3O. The molecule has 0 spiro atoms. The van der Waals surface area contributed by atoms with Crippen molar-refractivity contribution in [2.24, 2.45) is 0 Å². The molecular weight excluding hydrogens is 330 g/mol. The highest BCUT2D eigenvalue weighted by Crippen LogP contribution is 2.18. The molecule has 0 unspecified atom stereocenters. The average molecular weight is 344 g/mol. The van der Waals surface area contributed by atoms with Crippen LogP contribution in [0.3, 0.4) is 0 Å². The summed E-state index contributed by atoms with van der Waals surface area (Å²) >= 11 is 3.35. The number of nitrogens with one attached hydrogen (secondary N) is 2. The van der Waals surface area contributed by atoms with Crippen LogP contribution < -0.4 is 10.6 Å². The fourth-order valence-electron chi connectivity index (χ4n) is 1.91. The fourth-order valence-corrected chi connectivity index (χ4v) is 2.31. The number of carbonyl (C=O) groups is 1. The summed E-state index contributed by atoms with van der Waals surface area (Å²) in [6, 6.07) is 15.0. The highest BCUT2D eigenvalue weighted by atomic mass is 79.9. The van der Waals surface area contributed by atoms with E-state index in [9.17, 15) is 4.79 Å². The molecule has 2 N–H and O–H groups in total. The number of hydrogen-bond acceptors (Lipinski definition) is 3. The minimum atomic E-state index is -0.168. The van der Waals surface area contributed by atoms with Crippen LogP contribution in [0.4, 0.5) is 11.4 Å². The van der Waals surface area contributed by atoms with Crippen molar-refractivity contribution in [2.75, 3.05) is 17.2 Å². The second kappa shape index (κ2) is 6.91. The van der Waals surface area contributed by atoms with Crippen molar-refractivity contribution >= 4 is 33.2 Å². The van der Waals surface area contributed by atoms with Gasteiger partial charge in [-0.3, -0.25) is 4.79 Å². The second-order valence-corrected chi connectivity index (χ2v) is 5.44. The minimum Gasteiger partial charge on any atom is -0.375 e. The maximum absolute atomic E-state index is 11.9. The van der Waals surface area contributed by atoms with Crippen LogP contribution in [-0.2, 0) is 4.79 Å². The predicted octanol–water partition coefficient (Wildman–Crippen LogP) is 3.68. The third kappa shape index (κ3) is 4.07. The van der Waals surface area contributed by atoms with Crippen LogP contribution in [0.2, 0.25) is 0 Å². The molecule has 21 heavy (non-hydrogen) atoms. The van der Waals surface area contributed by atoms with E-state index in [1.807, 2.05) is 43.3 Å². The quantitative estimate of drug-likeness (QED) is 0.889. The average Bonchev–Trinajstić information content (AvgIpc) is 2.45. The summed E-state index contributed by atoms with van der Waals surface area (Å²) in [7, 11) is 0. The van der Waals surface area contributed by atoms with Gasteiger partial charge in [0.15, 0.2) is 0 Å². The van der Waals surface area contributed by atoms with Crippen molar-refractivity contribution < 1.29 is 4.79 Å². The Bertz CT molecular complexity index is 707. The number of carbonyl (C=O) groups excluding carboxylic acids is 1. The van der Waals surface area contributed by atoms with Crippen LogP contribution in [0.5, 0.6) is 0 Å². The Morgan fingerprint density at radius 3 is 2.76 bits per heavy atom. The normalized spacial score (nSPS) is 9.76. The largest absolute Gasteiger partial charge is 0.375 e. The number of anilines is 2. The zero-order chi connectivity index (χ0) is 15.2. The molecule has 0 radical (unpaired) electrons. The summed E-state index contributed by atoms with van der Waals surface area (Å²) in [6.45, 7) is 1.97. The van der Waals surface area contributed by atoms with Crippen LogP contribution in [0.15, 0.2) is 46.9 Å². The molecule has 2 rings (SSSR count). The van der Waals surface area contributed by atoms with Gasteiger partial charge in [-0.05, 0) is 36.8 Å². The van der Waals surface area contributed by atoms with E-state index in [1.54, 1.807) is 6.07 Å². The van der Waals surface area contributed by atoms with Gasteiger partial charge in [0.2, 0.25) is 5.91 Å². The molecule has 0 aromatic heterocycles. The summed E-state index contributed by atoms with van der Waals surface area (Å²) in [5.41, 5.74) is 2.84. The molecule has 106 valence electrons. The van der Waals surface area contributed by atoms with Gasteiger partial charge in [-0.2, -0.15) is 5.26 Å². The molecule has 0 aliphatic rings. The van der Waals surface area contributed by atoms with Crippen LogP contribution in [-0.4, -0.2) is 12.5 Å². The lowest BCUT2D eigenvalue weighted by atomic mass is 10.1. The first-order chi connectivity index (χ1) is 10.1. The van der Waals surface area contributed by atoms with E-state index >= 15 is 0 Å². The first-order valence-electron chi connectivity index (χ1n) is 6.39. The van der Waals surface area contributed by atoms with Crippen LogP contribution in [0.1, 0.15) is 11.1 Å². The molecule has 2 aromatic rings. The van der Waals surface area contributed by atoms with Crippen LogP contribution >= 0.6 is 15.9 Å². The smallest absolute Gasteiger partial charge is 0.243 e. The van der Waals surface area contributed by atoms with Crippen molar-refractivity contribution in [3.05, 3.63) is 58.1 Å². The number of rotatable bonds is 4. The van der Waals surface area contributed by atoms with Crippen molar-refractivity contribution in [1.82, 2.24) is 0 Å². The Morgan fingerprint density at radius 2 is 2.05 bits per heavy atom. The highest BCUT2D eigenvalue weighted by Gasteiger charge is 2.07. The van der Waals surface area contributed by atoms with Crippen molar-refractivity contribution in [1.29, 1.82) is 5.26 Å². The molecule has 0 saturated carbocycles. The maximum atomic E-state index is 11.9. The van der Waals surface area contributed by atoms with Gasteiger partial charge in [-0.25, -0.2) is 0 Å². The Hall–Kier alpha value is -2.32. The molecule has 0 heterocycles. The van der Waals surface area contributed by atoms with E-state index in [2.05, 4.69) is 32.6 Å². The van der Waals surface area contributed by atoms with E-state index in [1.165, 1.54) is 0 Å². The Morgan fingerprint density at radius 1 is 1.29 bits per heavy atom. The van der Waals surface area contributed by atoms with Gasteiger partial charge < -0.3 is 10.6 Å². The summed E-state index contributed by atoms with van der Waals surface area (Å²) in [4.78, 5) is 11.9. The molecule has 2 aromatic carbocycles. The maximum Gasteiger partial charge on any atom is 0.243 e. The molecule has 5 heteroatoms. The Labute approximate surface area is 131 Å². The lowest BCUT2D eigenvalue weighted by molar-refractivity contribution is -0.114. The van der Waals surface area contributed by atoms with E-state index in [0.717, 1.165) is 15.7 Å². The number of hydrogen-bond donors (Lipinski definition) is 2. The number of nitrogens with zero attached hydrogens (tertiary/aromatic N) is 1. The van der Waals surface area contributed by atoms with E-state index in [4.69, 9.17) is 5.26 Å². The fraction of sp³-hybridized carbons (Fsp3) is 0.125. The highest BCUT2D eigenvalue weighted by molar-refractivity contribution is 9.10. The zero-order valence-electron chi connectivity index (χ0n) is 11.5. The second-order valence-electron chi connectivity index (χ2n) is 4.52. The molecule has 0 saturated heterocycles. The summed E-state index contributed by atoms with van der Waals surface area (Å²) < 4.78 is 0.902. The van der Waals surface area contributed by atoms with E-state index in [-0.39, 0.29) is 12.5 Å². The molecule has 0 bridgehead atoms. The molecule has 0 fully saturated rings. The lowest BCUT2D eigenvalue weighted by Gasteiger charge is -2.10. The predicted molar refractivity (Wildman–Crippen MR) is 87.2 cm³/mol. The monoisotopic (exact) mass is 343 g/mol. The zero-order valence-corrected chi connectivity index (χ0v) is 13.1. The summed E-state index contributed by atoms with van der Waals surface area (Å²) in [6.07, 6.45) is 0. The lowest BCUT2D eigenvalue weighted by Crippen LogP contribution is -2.22. The van der Waals surface area contributed by atoms with Gasteiger partial charge in [0.1, 0.15) is 6.07 Å². The first-order valence-corrected chi connectivity index (χ1v) is 7.18. The molecule has 0 atom stereocenters. The van der Waals surface area contributed by atoms with E-state index < -0.39 is 0 Å². The van der Waals surface area contributed by atoms with Gasteiger partial charge in [-0.15, -0.1) is 0 Å². The topological polar surface area (TPSA) is 64.9 Å². The van der Waals surface area contributed by atoms with Crippen molar-refractivity contribution in [2.45, 2.75) is 6.92 Å². The van der Waals surface area contributed by atoms with Crippen molar-refractivity contribution in [3.8, 4) is 6.07 Å². The summed E-state index contributed by atoms with van der Waals surface area (Å²) in [5.74, 6) is -0.168. The molecule has 1 amide bonds. The molecule has 0 aliphatic heterocycles. The van der Waals surface area contributed by atoms with Crippen LogP contribution in [0, 0.1) is 18.3 Å². The number of aryl methyl sites for hydroxylation is 1. The molecule has 0 aliphatic carbocycles. The Kier molecular flexibility index (Phi) is 4.96. The van der Waals surface area contributed by atoms with Gasteiger partial charge in [0.05, 0.1) is 17.8 Å². The van der Waals surface area contributed by atoms with E-state index in [0.29, 0.717) is 11.3 Å². The van der Waals surface area contributed by atoms with Gasteiger partial charge in [-0.1, -0.05) is 34.1 Å². The van der Waals surface area contributed by atoms with Crippen molar-refractivity contribution in [3.63, 3.8) is 0 Å². The number of nitriles is 1. The van der Waals surface area contributed by atoms with Gasteiger partial charge in [0, 0.05) is 10.2 Å². The summed E-state index contributed by atoms with van der Waals surface area (Å²) in [5, 5.41) is 14.9. The third-order valence-corrected chi connectivity index (χ3v) is 3.43. The third-order valence-electron chi connectivity index (χ3n) is 2.93. The molecule has 4 nitrogen and oxygen atoms in total. The Balaban J connectivity index is 1.99. The number of halogens is 1. The van der Waals surface area contributed by atoms with Gasteiger partial charge in [0.25, 0.3) is 0 Å². The number of amides is 1. The minimum absolute atomic E-state index is 0.102. The SMILES string of the molecule is Cc1cccc(NCC(=O)Nc2cccc(Br)c2)c1C#N. The first kappa shape index (κ1) is 15.1.